The van der Waals surface area contributed by atoms with E-state index in [-0.39, 0.29) is 15.8 Å². The lowest BCUT2D eigenvalue weighted by molar-refractivity contribution is -0.136. The Morgan fingerprint density at radius 2 is 1.28 bits per heavy atom. The van der Waals surface area contributed by atoms with Gasteiger partial charge in [0.2, 0.25) is 0 Å². The molecule has 180 valence electrons. The Bertz CT molecular complexity index is 1330. The van der Waals surface area contributed by atoms with Crippen molar-refractivity contribution in [2.75, 3.05) is 0 Å². The summed E-state index contributed by atoms with van der Waals surface area (Å²) >= 11 is 12.6. The molecule has 4 rings (SSSR count). The molecule has 0 aliphatic rings. The van der Waals surface area contributed by atoms with Gasteiger partial charge in [0.25, 0.3) is 5.91 Å². The van der Waals surface area contributed by atoms with E-state index in [0.29, 0.717) is 22.3 Å². The van der Waals surface area contributed by atoms with Crippen molar-refractivity contribution in [3.05, 3.63) is 135 Å². The molecule has 2 N–H and O–H groups in total. The smallest absolute Gasteiger partial charge is 0.343 e. The van der Waals surface area contributed by atoms with E-state index in [2.05, 4.69) is 10.5 Å². The minimum atomic E-state index is -1.97. The molecule has 6 nitrogen and oxygen atoms in total. The van der Waals surface area contributed by atoms with Crippen LogP contribution in [0.25, 0.3) is 0 Å². The maximum Gasteiger partial charge on any atom is 0.343 e. The summed E-state index contributed by atoms with van der Waals surface area (Å²) in [5, 5.41) is 15.6. The number of benzene rings is 4. The van der Waals surface area contributed by atoms with Gasteiger partial charge in [-0.1, -0.05) is 102 Å². The molecule has 8 heteroatoms. The summed E-state index contributed by atoms with van der Waals surface area (Å²) in [5.41, 5.74) is 1.98. The second-order valence-electron chi connectivity index (χ2n) is 7.71. The number of hydrogen-bond acceptors (Lipinski definition) is 5. The molecule has 0 saturated heterocycles. The molecule has 0 aromatic heterocycles. The van der Waals surface area contributed by atoms with Crippen LogP contribution in [0.1, 0.15) is 27.0 Å². The molecule has 0 unspecified atom stereocenters. The molecule has 4 aromatic rings. The third-order valence-electron chi connectivity index (χ3n) is 5.32. The number of rotatable bonds is 7. The van der Waals surface area contributed by atoms with E-state index in [1.54, 1.807) is 91.0 Å². The highest BCUT2D eigenvalue weighted by molar-refractivity contribution is 6.37. The first-order valence-electron chi connectivity index (χ1n) is 10.8. The van der Waals surface area contributed by atoms with Crippen LogP contribution in [0.4, 0.5) is 0 Å². The van der Waals surface area contributed by atoms with Gasteiger partial charge in [-0.15, -0.1) is 0 Å². The Labute approximate surface area is 217 Å². The van der Waals surface area contributed by atoms with Gasteiger partial charge in [-0.05, 0) is 41.0 Å². The number of amides is 1. The maximum absolute atomic E-state index is 13.1. The Balaban J connectivity index is 1.52. The lowest BCUT2D eigenvalue weighted by Crippen LogP contribution is -2.43. The highest BCUT2D eigenvalue weighted by Gasteiger charge is 2.39. The first-order chi connectivity index (χ1) is 17.4. The summed E-state index contributed by atoms with van der Waals surface area (Å²) in [7, 11) is 0. The number of hydrogen-bond donors (Lipinski definition) is 2. The number of nitrogens with one attached hydrogen (secondary N) is 1. The fourth-order valence-electron chi connectivity index (χ4n) is 3.51. The monoisotopic (exact) mass is 518 g/mol. The molecule has 0 spiro atoms. The summed E-state index contributed by atoms with van der Waals surface area (Å²) in [4.78, 5) is 25.5. The Hall–Kier alpha value is -3.97. The average Bonchev–Trinajstić information content (AvgIpc) is 2.91. The first kappa shape index (κ1) is 25.1. The summed E-state index contributed by atoms with van der Waals surface area (Å²) in [6, 6.07) is 28.5. The Morgan fingerprint density at radius 1 is 0.806 bits per heavy atom. The predicted molar refractivity (Wildman–Crippen MR) is 139 cm³/mol. The van der Waals surface area contributed by atoms with Crippen molar-refractivity contribution in [1.29, 1.82) is 0 Å². The Morgan fingerprint density at radius 3 is 1.78 bits per heavy atom. The number of carbonyl (C=O) groups is 2. The number of ether oxygens (including phenoxy) is 1. The second kappa shape index (κ2) is 11.2. The fourth-order valence-corrected chi connectivity index (χ4v) is 4.09. The van der Waals surface area contributed by atoms with Crippen molar-refractivity contribution in [1.82, 2.24) is 5.43 Å². The number of aliphatic hydroxyl groups is 1. The lowest BCUT2D eigenvalue weighted by Gasteiger charge is -2.27. The standard InChI is InChI=1S/C28H20Cl2N2O4/c29-23-16-19(17-24(30)25(23)36-26(33)20-10-4-1-5-11-20)18-31-32-27(34)28(35,21-12-6-2-7-13-21)22-14-8-3-9-15-22/h1-18,35H,(H,32,34)/b31-18-. The van der Waals surface area contributed by atoms with E-state index in [1.807, 2.05) is 0 Å². The third kappa shape index (κ3) is 5.47. The molecule has 0 aliphatic heterocycles. The van der Waals surface area contributed by atoms with Crippen LogP contribution >= 0.6 is 23.2 Å². The van der Waals surface area contributed by atoms with Crippen LogP contribution in [0.5, 0.6) is 5.75 Å². The van der Waals surface area contributed by atoms with E-state index < -0.39 is 17.5 Å². The molecule has 0 saturated carbocycles. The van der Waals surface area contributed by atoms with E-state index in [9.17, 15) is 14.7 Å². The predicted octanol–water partition coefficient (Wildman–Crippen LogP) is 5.60. The molecule has 0 bridgehead atoms. The molecule has 0 radical (unpaired) electrons. The van der Waals surface area contributed by atoms with Crippen molar-refractivity contribution >= 4 is 41.3 Å². The molecular formula is C28H20Cl2N2O4. The highest BCUT2D eigenvalue weighted by Crippen LogP contribution is 2.34. The largest absolute Gasteiger partial charge is 0.420 e. The van der Waals surface area contributed by atoms with Gasteiger partial charge in [-0.25, -0.2) is 10.2 Å². The van der Waals surface area contributed by atoms with Gasteiger partial charge in [0.05, 0.1) is 21.8 Å². The maximum atomic E-state index is 13.1. The van der Waals surface area contributed by atoms with Crippen LogP contribution in [0.2, 0.25) is 10.0 Å². The molecular weight excluding hydrogens is 499 g/mol. The van der Waals surface area contributed by atoms with Crippen molar-refractivity contribution in [2.45, 2.75) is 5.60 Å². The minimum absolute atomic E-state index is 0.0101. The Kier molecular flexibility index (Phi) is 7.80. The van der Waals surface area contributed by atoms with Gasteiger partial charge in [-0.3, -0.25) is 4.79 Å². The van der Waals surface area contributed by atoms with Gasteiger partial charge < -0.3 is 9.84 Å². The quantitative estimate of drug-likeness (QED) is 0.144. The fraction of sp³-hybridized carbons (Fsp3) is 0.0357. The van der Waals surface area contributed by atoms with E-state index in [4.69, 9.17) is 27.9 Å². The van der Waals surface area contributed by atoms with Crippen LogP contribution in [-0.4, -0.2) is 23.2 Å². The molecule has 0 atom stereocenters. The van der Waals surface area contributed by atoms with Crippen LogP contribution in [0.15, 0.2) is 108 Å². The van der Waals surface area contributed by atoms with Gasteiger partial charge in [0.15, 0.2) is 11.4 Å². The summed E-state index contributed by atoms with van der Waals surface area (Å²) in [6.07, 6.45) is 1.31. The van der Waals surface area contributed by atoms with Gasteiger partial charge in [0, 0.05) is 0 Å². The first-order valence-corrected chi connectivity index (χ1v) is 11.6. The molecule has 0 heterocycles. The van der Waals surface area contributed by atoms with Crippen molar-refractivity contribution in [2.24, 2.45) is 5.10 Å². The second-order valence-corrected chi connectivity index (χ2v) is 8.53. The van der Waals surface area contributed by atoms with Gasteiger partial charge in [-0.2, -0.15) is 5.10 Å². The third-order valence-corrected chi connectivity index (χ3v) is 5.88. The summed E-state index contributed by atoms with van der Waals surface area (Å²) in [6.45, 7) is 0. The molecule has 0 fully saturated rings. The van der Waals surface area contributed by atoms with E-state index in [0.717, 1.165) is 0 Å². The van der Waals surface area contributed by atoms with E-state index >= 15 is 0 Å². The van der Waals surface area contributed by atoms with Gasteiger partial charge in [0.1, 0.15) is 0 Å². The molecule has 0 aliphatic carbocycles. The zero-order valence-electron chi connectivity index (χ0n) is 18.8. The summed E-state index contributed by atoms with van der Waals surface area (Å²) < 4.78 is 5.35. The number of halogens is 2. The molecule has 1 amide bonds. The molecule has 36 heavy (non-hydrogen) atoms. The molecule has 4 aromatic carbocycles. The zero-order chi connectivity index (χ0) is 25.5. The van der Waals surface area contributed by atoms with Crippen LogP contribution < -0.4 is 10.2 Å². The van der Waals surface area contributed by atoms with Crippen molar-refractivity contribution in [3.8, 4) is 5.75 Å². The number of esters is 1. The number of nitrogens with zero attached hydrogens (tertiary/aromatic N) is 1. The van der Waals surface area contributed by atoms with Crippen molar-refractivity contribution in [3.63, 3.8) is 0 Å². The summed E-state index contributed by atoms with van der Waals surface area (Å²) in [5.74, 6) is -1.34. The SMILES string of the molecule is O=C(Oc1c(Cl)cc(/C=N\NC(=O)C(O)(c2ccccc2)c2ccccc2)cc1Cl)c1ccccc1. The van der Waals surface area contributed by atoms with Crippen molar-refractivity contribution < 1.29 is 19.4 Å². The highest BCUT2D eigenvalue weighted by atomic mass is 35.5. The van der Waals surface area contributed by atoms with Crippen LogP contribution in [0.3, 0.4) is 0 Å². The van der Waals surface area contributed by atoms with Crippen LogP contribution in [-0.2, 0) is 10.4 Å². The lowest BCUT2D eigenvalue weighted by atomic mass is 9.85. The number of hydrazone groups is 1. The van der Waals surface area contributed by atoms with Gasteiger partial charge >= 0.3 is 5.97 Å². The average molecular weight is 519 g/mol. The topological polar surface area (TPSA) is 88.0 Å². The van der Waals surface area contributed by atoms with Crippen LogP contribution in [0, 0.1) is 0 Å². The van der Waals surface area contributed by atoms with E-state index in [1.165, 1.54) is 18.3 Å². The zero-order valence-corrected chi connectivity index (χ0v) is 20.3. The number of carbonyl (C=O) groups excluding carboxylic acids is 2. The normalized spacial score (nSPS) is 11.3. The minimum Gasteiger partial charge on any atom is -0.420 e.